The van der Waals surface area contributed by atoms with Gasteiger partial charge in [0.25, 0.3) is 0 Å². The smallest absolute Gasteiger partial charge is 0.0973 e. The topological polar surface area (TPSA) is 26.0 Å². The maximum absolute atomic E-state index is 5.68. The van der Waals surface area contributed by atoms with Gasteiger partial charge in [0, 0.05) is 6.54 Å². The molecule has 1 heterocycles. The number of hydrogen-bond acceptors (Lipinski definition) is 2. The Kier molecular flexibility index (Phi) is 4.23. The van der Waals surface area contributed by atoms with Gasteiger partial charge in [0.2, 0.25) is 0 Å². The van der Waals surface area contributed by atoms with E-state index in [2.05, 4.69) is 0 Å². The molecule has 1 nitrogen and oxygen atoms in total. The summed E-state index contributed by atoms with van der Waals surface area (Å²) in [6.45, 7) is 0.544. The van der Waals surface area contributed by atoms with Crippen LogP contribution >= 0.6 is 35.3 Å². The van der Waals surface area contributed by atoms with Crippen LogP contribution in [-0.4, -0.2) is 0 Å². The monoisotopic (exact) mass is 183 g/mol. The summed E-state index contributed by atoms with van der Waals surface area (Å²) in [4.78, 5) is 0. The molecule has 1 aromatic heterocycles. The molecule has 0 bridgehead atoms. The molecule has 0 radical (unpaired) electrons. The molecular weight excluding hydrogens is 177 g/mol. The number of thiophene rings is 1. The van der Waals surface area contributed by atoms with Crippen LogP contribution in [-0.2, 0) is 6.54 Å². The first-order valence-corrected chi connectivity index (χ1v) is 3.52. The van der Waals surface area contributed by atoms with E-state index in [9.17, 15) is 0 Å². The van der Waals surface area contributed by atoms with Gasteiger partial charge in [-0.15, -0.1) is 23.7 Å². The first-order chi connectivity index (χ1) is 3.84. The van der Waals surface area contributed by atoms with Crippen molar-refractivity contribution in [2.24, 2.45) is 5.73 Å². The molecule has 0 unspecified atom stereocenters. The molecule has 0 spiro atoms. The summed E-state index contributed by atoms with van der Waals surface area (Å²) < 4.78 is 0.813. The summed E-state index contributed by atoms with van der Waals surface area (Å²) in [5.74, 6) is 0. The molecule has 52 valence electrons. The molecular formula is C5H7Cl2NS. The molecule has 0 saturated heterocycles. The SMILES string of the molecule is Cl.NCc1ccsc1Cl. The fraction of sp³-hybridized carbons (Fsp3) is 0.200. The van der Waals surface area contributed by atoms with Gasteiger partial charge in [-0.05, 0) is 17.0 Å². The second-order valence-corrected chi connectivity index (χ2v) is 2.94. The highest BCUT2D eigenvalue weighted by molar-refractivity contribution is 7.14. The minimum Gasteiger partial charge on any atom is -0.326 e. The number of rotatable bonds is 1. The zero-order chi connectivity index (χ0) is 5.98. The molecule has 0 aliphatic rings. The number of halogens is 2. The highest BCUT2D eigenvalue weighted by atomic mass is 35.5. The van der Waals surface area contributed by atoms with Gasteiger partial charge in [0.15, 0.2) is 0 Å². The number of nitrogens with two attached hydrogens (primary N) is 1. The first-order valence-electron chi connectivity index (χ1n) is 2.26. The van der Waals surface area contributed by atoms with E-state index in [1.54, 1.807) is 0 Å². The van der Waals surface area contributed by atoms with Crippen LogP contribution < -0.4 is 5.73 Å². The molecule has 0 aliphatic heterocycles. The molecule has 9 heavy (non-hydrogen) atoms. The maximum Gasteiger partial charge on any atom is 0.0973 e. The van der Waals surface area contributed by atoms with E-state index in [-0.39, 0.29) is 12.4 Å². The Hall–Kier alpha value is 0.240. The van der Waals surface area contributed by atoms with Crippen molar-refractivity contribution in [1.29, 1.82) is 0 Å². The summed E-state index contributed by atoms with van der Waals surface area (Å²) in [5, 5.41) is 1.94. The summed E-state index contributed by atoms with van der Waals surface area (Å²) >= 11 is 7.19. The quantitative estimate of drug-likeness (QED) is 0.711. The van der Waals surface area contributed by atoms with Crippen LogP contribution in [0, 0.1) is 0 Å². The lowest BCUT2D eigenvalue weighted by Crippen LogP contribution is -1.93. The Labute approximate surface area is 69.2 Å². The van der Waals surface area contributed by atoms with Gasteiger partial charge >= 0.3 is 0 Å². The highest BCUT2D eigenvalue weighted by Gasteiger charge is 1.95. The average Bonchev–Trinajstić information content (AvgIpc) is 2.14. The van der Waals surface area contributed by atoms with Crippen molar-refractivity contribution in [3.63, 3.8) is 0 Å². The molecule has 0 aliphatic carbocycles. The zero-order valence-electron chi connectivity index (χ0n) is 4.63. The third-order valence-electron chi connectivity index (χ3n) is 0.913. The zero-order valence-corrected chi connectivity index (χ0v) is 7.02. The molecule has 0 amide bonds. The Bertz CT molecular complexity index is 175. The molecule has 0 aromatic carbocycles. The van der Waals surface area contributed by atoms with Crippen molar-refractivity contribution in [3.8, 4) is 0 Å². The van der Waals surface area contributed by atoms with Crippen LogP contribution in [0.1, 0.15) is 5.56 Å². The normalized spacial score (nSPS) is 8.67. The van der Waals surface area contributed by atoms with Crippen LogP contribution in [0.5, 0.6) is 0 Å². The van der Waals surface area contributed by atoms with Gasteiger partial charge in [-0.3, -0.25) is 0 Å². The molecule has 0 saturated carbocycles. The van der Waals surface area contributed by atoms with Crippen molar-refractivity contribution in [1.82, 2.24) is 0 Å². The largest absolute Gasteiger partial charge is 0.326 e. The Morgan fingerprint density at radius 3 is 2.56 bits per heavy atom. The number of hydrogen-bond donors (Lipinski definition) is 1. The average molecular weight is 184 g/mol. The van der Waals surface area contributed by atoms with Gasteiger partial charge in [0.05, 0.1) is 4.34 Å². The predicted octanol–water partition coefficient (Wildman–Crippen LogP) is 2.28. The van der Waals surface area contributed by atoms with Gasteiger partial charge in [-0.2, -0.15) is 0 Å². The predicted molar refractivity (Wildman–Crippen MR) is 44.5 cm³/mol. The second kappa shape index (κ2) is 4.12. The molecule has 0 fully saturated rings. The van der Waals surface area contributed by atoms with Crippen molar-refractivity contribution < 1.29 is 0 Å². The minimum atomic E-state index is 0. The summed E-state index contributed by atoms with van der Waals surface area (Å²) in [7, 11) is 0. The minimum absolute atomic E-state index is 0. The highest BCUT2D eigenvalue weighted by Crippen LogP contribution is 2.21. The van der Waals surface area contributed by atoms with Crippen LogP contribution in [0.2, 0.25) is 4.34 Å². The maximum atomic E-state index is 5.68. The van der Waals surface area contributed by atoms with E-state index in [0.29, 0.717) is 6.54 Å². The first kappa shape index (κ1) is 9.24. The lowest BCUT2D eigenvalue weighted by molar-refractivity contribution is 1.08. The van der Waals surface area contributed by atoms with E-state index in [1.165, 1.54) is 11.3 Å². The van der Waals surface area contributed by atoms with Crippen molar-refractivity contribution in [3.05, 3.63) is 21.3 Å². The fourth-order valence-corrected chi connectivity index (χ4v) is 1.41. The van der Waals surface area contributed by atoms with Gasteiger partial charge in [-0.25, -0.2) is 0 Å². The molecule has 4 heteroatoms. The van der Waals surface area contributed by atoms with Gasteiger partial charge < -0.3 is 5.73 Å². The van der Waals surface area contributed by atoms with Gasteiger partial charge in [0.1, 0.15) is 0 Å². The molecule has 2 N–H and O–H groups in total. The van der Waals surface area contributed by atoms with Crippen LogP contribution in [0.25, 0.3) is 0 Å². The summed E-state index contributed by atoms with van der Waals surface area (Å²) in [5.41, 5.74) is 6.36. The summed E-state index contributed by atoms with van der Waals surface area (Å²) in [6, 6.07) is 1.94. The van der Waals surface area contributed by atoms with E-state index >= 15 is 0 Å². The fourth-order valence-electron chi connectivity index (χ4n) is 0.465. The van der Waals surface area contributed by atoms with Crippen LogP contribution in [0.3, 0.4) is 0 Å². The van der Waals surface area contributed by atoms with E-state index in [1.807, 2.05) is 11.4 Å². The standard InChI is InChI=1S/C5H6ClNS.ClH/c6-5-4(3-7)1-2-8-5;/h1-2H,3,7H2;1H. The van der Waals surface area contributed by atoms with Crippen LogP contribution in [0.4, 0.5) is 0 Å². The lowest BCUT2D eigenvalue weighted by atomic mass is 10.4. The van der Waals surface area contributed by atoms with E-state index < -0.39 is 0 Å². The second-order valence-electron chi connectivity index (χ2n) is 1.42. The molecule has 0 atom stereocenters. The van der Waals surface area contributed by atoms with E-state index in [4.69, 9.17) is 17.3 Å². The third kappa shape index (κ3) is 2.14. The Balaban J connectivity index is 0.000000640. The molecule has 1 aromatic rings. The van der Waals surface area contributed by atoms with Crippen molar-refractivity contribution >= 4 is 35.3 Å². The van der Waals surface area contributed by atoms with Crippen molar-refractivity contribution in [2.45, 2.75) is 6.54 Å². The summed E-state index contributed by atoms with van der Waals surface area (Å²) in [6.07, 6.45) is 0. The van der Waals surface area contributed by atoms with Crippen molar-refractivity contribution in [2.75, 3.05) is 0 Å². The van der Waals surface area contributed by atoms with Crippen LogP contribution in [0.15, 0.2) is 11.4 Å². The Morgan fingerprint density at radius 2 is 2.33 bits per heavy atom. The third-order valence-corrected chi connectivity index (χ3v) is 2.16. The van der Waals surface area contributed by atoms with E-state index in [0.717, 1.165) is 9.90 Å². The lowest BCUT2D eigenvalue weighted by Gasteiger charge is -1.86. The molecule has 1 rings (SSSR count). The Morgan fingerprint density at radius 1 is 1.67 bits per heavy atom. The van der Waals surface area contributed by atoms with Gasteiger partial charge in [-0.1, -0.05) is 11.6 Å².